The third-order valence-electron chi connectivity index (χ3n) is 1.96. The summed E-state index contributed by atoms with van der Waals surface area (Å²) in [6.45, 7) is 0. The van der Waals surface area contributed by atoms with Gasteiger partial charge in [0, 0.05) is 5.75 Å². The largest absolute Gasteiger partial charge is 0.469 e. The Kier molecular flexibility index (Phi) is 4.98. The van der Waals surface area contributed by atoms with Crippen LogP contribution in [0.15, 0.2) is 30.3 Å². The predicted octanol–water partition coefficient (Wildman–Crippen LogP) is 2.69. The first-order valence-electron chi connectivity index (χ1n) is 4.69. The van der Waals surface area contributed by atoms with Gasteiger partial charge in [0.2, 0.25) is 0 Å². The molecule has 0 bridgehead atoms. The molecule has 1 rings (SSSR count). The summed E-state index contributed by atoms with van der Waals surface area (Å²) in [5.41, 5.74) is 2.24. The van der Waals surface area contributed by atoms with E-state index < -0.39 is 0 Å². The number of carbonyl (C=O) groups excluding carboxylic acids is 1. The molecule has 0 heterocycles. The highest BCUT2D eigenvalue weighted by atomic mass is 32.1. The average molecular weight is 222 g/mol. The van der Waals surface area contributed by atoms with Gasteiger partial charge in [0.25, 0.3) is 0 Å². The number of benzene rings is 1. The fourth-order valence-corrected chi connectivity index (χ4v) is 1.37. The van der Waals surface area contributed by atoms with Crippen LogP contribution in [0.1, 0.15) is 17.5 Å². The molecule has 1 aromatic carbocycles. The summed E-state index contributed by atoms with van der Waals surface area (Å²) >= 11 is 4.20. The molecule has 0 saturated heterocycles. The second-order valence-corrected chi connectivity index (χ2v) is 3.40. The van der Waals surface area contributed by atoms with E-state index in [2.05, 4.69) is 17.4 Å². The van der Waals surface area contributed by atoms with E-state index in [0.717, 1.165) is 11.3 Å². The maximum atomic E-state index is 10.8. The molecule has 0 N–H and O–H groups in total. The van der Waals surface area contributed by atoms with Crippen molar-refractivity contribution >= 4 is 24.7 Å². The van der Waals surface area contributed by atoms with Crippen molar-refractivity contribution < 1.29 is 9.53 Å². The van der Waals surface area contributed by atoms with Gasteiger partial charge in [0.15, 0.2) is 0 Å². The lowest BCUT2D eigenvalue weighted by molar-refractivity contribution is -0.139. The van der Waals surface area contributed by atoms with Crippen molar-refractivity contribution in [3.05, 3.63) is 41.5 Å². The van der Waals surface area contributed by atoms with Crippen molar-refractivity contribution in [2.75, 3.05) is 7.11 Å². The topological polar surface area (TPSA) is 26.3 Å². The number of carbonyl (C=O) groups is 1. The summed E-state index contributed by atoms with van der Waals surface area (Å²) < 4.78 is 4.53. The van der Waals surface area contributed by atoms with Crippen molar-refractivity contribution in [1.82, 2.24) is 0 Å². The zero-order valence-corrected chi connectivity index (χ0v) is 9.54. The van der Waals surface area contributed by atoms with Crippen molar-refractivity contribution in [3.63, 3.8) is 0 Å². The number of thiol groups is 1. The van der Waals surface area contributed by atoms with E-state index in [1.807, 2.05) is 30.3 Å². The van der Waals surface area contributed by atoms with Crippen molar-refractivity contribution in [2.24, 2.45) is 0 Å². The van der Waals surface area contributed by atoms with Crippen molar-refractivity contribution in [1.29, 1.82) is 0 Å². The molecule has 0 fully saturated rings. The highest BCUT2D eigenvalue weighted by Crippen LogP contribution is 2.09. The molecule has 0 amide bonds. The molecule has 80 valence electrons. The number of hydrogen-bond donors (Lipinski definition) is 1. The van der Waals surface area contributed by atoms with Crippen LogP contribution in [-0.4, -0.2) is 13.1 Å². The highest BCUT2D eigenvalue weighted by Gasteiger charge is 1.94. The molecule has 15 heavy (non-hydrogen) atoms. The minimum atomic E-state index is -0.225. The number of rotatable bonds is 4. The summed E-state index contributed by atoms with van der Waals surface area (Å²) in [6, 6.07) is 8.02. The van der Waals surface area contributed by atoms with E-state index >= 15 is 0 Å². The SMILES string of the molecule is COC(=O)CC=Cc1cccc(CS)c1. The fourth-order valence-electron chi connectivity index (χ4n) is 1.17. The fraction of sp³-hybridized carbons (Fsp3) is 0.250. The van der Waals surface area contributed by atoms with Gasteiger partial charge in [-0.1, -0.05) is 36.4 Å². The Morgan fingerprint density at radius 2 is 2.33 bits per heavy atom. The average Bonchev–Trinajstić information content (AvgIpc) is 2.29. The van der Waals surface area contributed by atoms with E-state index in [1.165, 1.54) is 12.7 Å². The molecule has 0 spiro atoms. The number of methoxy groups -OCH3 is 1. The molecule has 0 aliphatic heterocycles. The molecule has 3 heteroatoms. The van der Waals surface area contributed by atoms with Gasteiger partial charge in [-0.25, -0.2) is 0 Å². The maximum Gasteiger partial charge on any atom is 0.309 e. The Morgan fingerprint density at radius 3 is 3.00 bits per heavy atom. The first kappa shape index (κ1) is 11.9. The van der Waals surface area contributed by atoms with Gasteiger partial charge in [0.1, 0.15) is 0 Å². The zero-order valence-electron chi connectivity index (χ0n) is 8.64. The quantitative estimate of drug-likeness (QED) is 0.626. The normalized spacial score (nSPS) is 10.5. The lowest BCUT2D eigenvalue weighted by Gasteiger charge is -1.97. The van der Waals surface area contributed by atoms with Crippen LogP contribution in [0.3, 0.4) is 0 Å². The number of ether oxygens (including phenoxy) is 1. The molecule has 0 aliphatic carbocycles. The molecular weight excluding hydrogens is 208 g/mol. The van der Waals surface area contributed by atoms with Gasteiger partial charge < -0.3 is 4.74 Å². The van der Waals surface area contributed by atoms with Crippen LogP contribution >= 0.6 is 12.6 Å². The van der Waals surface area contributed by atoms with Gasteiger partial charge >= 0.3 is 5.97 Å². The zero-order chi connectivity index (χ0) is 11.1. The van der Waals surface area contributed by atoms with Crippen LogP contribution in [0.5, 0.6) is 0 Å². The Balaban J connectivity index is 2.59. The van der Waals surface area contributed by atoms with E-state index in [-0.39, 0.29) is 5.97 Å². The van der Waals surface area contributed by atoms with E-state index in [0.29, 0.717) is 6.42 Å². The Morgan fingerprint density at radius 1 is 1.53 bits per heavy atom. The molecule has 1 aromatic rings. The molecule has 0 aliphatic rings. The third-order valence-corrected chi connectivity index (χ3v) is 2.32. The van der Waals surface area contributed by atoms with Crippen LogP contribution in [0.2, 0.25) is 0 Å². The van der Waals surface area contributed by atoms with Crippen molar-refractivity contribution in [3.8, 4) is 0 Å². The van der Waals surface area contributed by atoms with Gasteiger partial charge in [0.05, 0.1) is 13.5 Å². The van der Waals surface area contributed by atoms with Crippen LogP contribution < -0.4 is 0 Å². The molecule has 0 aromatic heterocycles. The van der Waals surface area contributed by atoms with E-state index in [1.54, 1.807) is 6.08 Å². The minimum Gasteiger partial charge on any atom is -0.469 e. The first-order chi connectivity index (χ1) is 7.26. The van der Waals surface area contributed by atoms with Crippen LogP contribution in [0.25, 0.3) is 6.08 Å². The van der Waals surface area contributed by atoms with Gasteiger partial charge in [-0.2, -0.15) is 12.6 Å². The monoisotopic (exact) mass is 222 g/mol. The molecule has 0 atom stereocenters. The lowest BCUT2D eigenvalue weighted by Crippen LogP contribution is -1.96. The summed E-state index contributed by atoms with van der Waals surface area (Å²) in [5.74, 6) is 0.496. The van der Waals surface area contributed by atoms with Gasteiger partial charge in [-0.3, -0.25) is 4.79 Å². The lowest BCUT2D eigenvalue weighted by atomic mass is 10.1. The maximum absolute atomic E-state index is 10.8. The molecule has 2 nitrogen and oxygen atoms in total. The second kappa shape index (κ2) is 6.30. The number of hydrogen-bond acceptors (Lipinski definition) is 3. The van der Waals surface area contributed by atoms with Crippen molar-refractivity contribution in [2.45, 2.75) is 12.2 Å². The Hall–Kier alpha value is -1.22. The summed E-state index contributed by atoms with van der Waals surface area (Å²) in [7, 11) is 1.39. The van der Waals surface area contributed by atoms with E-state index in [4.69, 9.17) is 0 Å². The Labute approximate surface area is 95.4 Å². The first-order valence-corrected chi connectivity index (χ1v) is 5.32. The standard InChI is InChI=1S/C12H14O2S/c1-14-12(13)7-3-5-10-4-2-6-11(8-10)9-15/h2-6,8,15H,7,9H2,1H3. The van der Waals surface area contributed by atoms with Crippen LogP contribution in [0, 0.1) is 0 Å². The summed E-state index contributed by atoms with van der Waals surface area (Å²) in [6.07, 6.45) is 4.01. The smallest absolute Gasteiger partial charge is 0.309 e. The molecule has 0 unspecified atom stereocenters. The van der Waals surface area contributed by atoms with Gasteiger partial charge in [-0.15, -0.1) is 0 Å². The number of esters is 1. The molecule has 0 radical (unpaired) electrons. The Bertz CT molecular complexity index is 358. The summed E-state index contributed by atoms with van der Waals surface area (Å²) in [4.78, 5) is 10.8. The summed E-state index contributed by atoms with van der Waals surface area (Å²) in [5, 5.41) is 0. The molecular formula is C12H14O2S. The minimum absolute atomic E-state index is 0.225. The third kappa shape index (κ3) is 4.21. The van der Waals surface area contributed by atoms with E-state index in [9.17, 15) is 4.79 Å². The predicted molar refractivity (Wildman–Crippen MR) is 64.8 cm³/mol. The van der Waals surface area contributed by atoms with Crippen LogP contribution in [-0.2, 0) is 15.3 Å². The van der Waals surface area contributed by atoms with Crippen LogP contribution in [0.4, 0.5) is 0 Å². The molecule has 0 saturated carbocycles. The highest BCUT2D eigenvalue weighted by molar-refractivity contribution is 7.79. The second-order valence-electron chi connectivity index (χ2n) is 3.09. The van der Waals surface area contributed by atoms with Gasteiger partial charge in [-0.05, 0) is 11.1 Å².